The second-order valence-electron chi connectivity index (χ2n) is 23.3. The molecule has 5 aromatic rings. The number of nitrogens with one attached hydrogen (secondary N) is 2. The number of nitrogen functional groups attached to an aromatic ring is 1. The van der Waals surface area contributed by atoms with E-state index in [4.69, 9.17) is 5.73 Å². The predicted molar refractivity (Wildman–Crippen MR) is 310 cm³/mol. The number of thiazole rings is 1. The minimum absolute atomic E-state index is 0.00910. The molecule has 2 bridgehead atoms. The van der Waals surface area contributed by atoms with Crippen molar-refractivity contribution in [3.8, 4) is 27.4 Å². The van der Waals surface area contributed by atoms with Crippen LogP contribution in [0.5, 0.6) is 5.75 Å². The van der Waals surface area contributed by atoms with Crippen LogP contribution in [0.15, 0.2) is 84.4 Å². The number of phenolic OH excluding ortho intramolecular Hbond substituents is 1. The molecular formula is C61H79N11O7S. The number of rotatable bonds is 21. The molecule has 4 aliphatic heterocycles. The van der Waals surface area contributed by atoms with Gasteiger partial charge in [0.1, 0.15) is 17.8 Å². The molecule has 19 heteroatoms. The maximum absolute atomic E-state index is 14.1. The van der Waals surface area contributed by atoms with E-state index in [1.807, 2.05) is 104 Å². The molecule has 4 fully saturated rings. The molecule has 80 heavy (non-hydrogen) atoms. The fraction of sp³-hybridized carbons (Fsp3) is 0.508. The molecule has 0 spiro atoms. The summed E-state index contributed by atoms with van der Waals surface area (Å²) in [5.41, 5.74) is 14.3. The third kappa shape index (κ3) is 14.1. The molecule has 3 aromatic carbocycles. The van der Waals surface area contributed by atoms with Crippen molar-refractivity contribution < 1.29 is 34.2 Å². The number of carbonyl (C=O) groups is 5. The molecule has 4 saturated heterocycles. The molecule has 426 valence electrons. The lowest BCUT2D eigenvalue weighted by Gasteiger charge is -2.42. The normalized spacial score (nSPS) is 19.8. The molecule has 3 unspecified atom stereocenters. The lowest BCUT2D eigenvalue weighted by molar-refractivity contribution is -0.144. The third-order valence-electron chi connectivity index (χ3n) is 16.4. The first-order valence-electron chi connectivity index (χ1n) is 28.6. The van der Waals surface area contributed by atoms with E-state index >= 15 is 0 Å². The van der Waals surface area contributed by atoms with E-state index < -0.39 is 23.6 Å². The number of hydrogen-bond donors (Lipinski definition) is 5. The first kappa shape index (κ1) is 57.7. The number of aromatic nitrogens is 3. The number of carbonyl (C=O) groups excluding carboxylic acids is 5. The summed E-state index contributed by atoms with van der Waals surface area (Å²) < 4.78 is 0. The second kappa shape index (κ2) is 26.1. The molecule has 9 rings (SSSR count). The predicted octanol–water partition coefficient (Wildman–Crippen LogP) is 7.32. The van der Waals surface area contributed by atoms with E-state index in [9.17, 15) is 34.2 Å². The number of unbranched alkanes of at least 4 members (excludes halogenated alkanes) is 6. The number of hydrogen-bond acceptors (Lipinski definition) is 14. The molecule has 6 N–H and O–H groups in total. The van der Waals surface area contributed by atoms with Gasteiger partial charge in [0, 0.05) is 101 Å². The SMILES string of the molecule is Cc1ncsc1-c1ccc(CNC(=O)[C@@H]2C[C@@H](O)CN2C(=O)C(NC(=O)CCCCCCCCCC(=O)N2CCN(C(=O)c3cccc(CN4C5CCC4CN(c4cc(-c6ccccc6O)nnc4N)C5)c3)CC2)C(C)(C)C)cc1. The lowest BCUT2D eigenvalue weighted by atomic mass is 9.85. The van der Waals surface area contributed by atoms with Gasteiger partial charge in [-0.2, -0.15) is 0 Å². The first-order chi connectivity index (χ1) is 38.5. The Bertz CT molecular complexity index is 2960. The van der Waals surface area contributed by atoms with Crippen LogP contribution in [0.1, 0.15) is 125 Å². The topological polar surface area (TPSA) is 231 Å². The van der Waals surface area contributed by atoms with Crippen LogP contribution in [0.2, 0.25) is 0 Å². The van der Waals surface area contributed by atoms with Crippen LogP contribution in [-0.2, 0) is 32.3 Å². The van der Waals surface area contributed by atoms with Crippen LogP contribution in [-0.4, -0.2) is 151 Å². The molecule has 2 aromatic heterocycles. The number of para-hydroxylation sites is 1. The highest BCUT2D eigenvalue weighted by atomic mass is 32.1. The fourth-order valence-corrected chi connectivity index (χ4v) is 12.7. The van der Waals surface area contributed by atoms with Gasteiger partial charge in [-0.15, -0.1) is 21.5 Å². The van der Waals surface area contributed by atoms with E-state index in [2.05, 4.69) is 41.7 Å². The fourth-order valence-electron chi connectivity index (χ4n) is 11.9. The quantitative estimate of drug-likeness (QED) is 0.0454. The Balaban J connectivity index is 0.638. The molecule has 18 nitrogen and oxygen atoms in total. The van der Waals surface area contributed by atoms with Gasteiger partial charge in [0.15, 0.2) is 5.82 Å². The number of aliphatic hydroxyl groups is 1. The van der Waals surface area contributed by atoms with Gasteiger partial charge in [-0.3, -0.25) is 28.9 Å². The number of fused-ring (bicyclic) bond motifs is 2. The summed E-state index contributed by atoms with van der Waals surface area (Å²) in [4.78, 5) is 83.3. The summed E-state index contributed by atoms with van der Waals surface area (Å²) >= 11 is 1.58. The van der Waals surface area contributed by atoms with Crippen molar-refractivity contribution in [1.29, 1.82) is 0 Å². The number of aliphatic hydroxyl groups excluding tert-OH is 1. The molecule has 0 saturated carbocycles. The number of piperazine rings is 2. The number of likely N-dealkylation sites (tertiary alicyclic amines) is 1. The van der Waals surface area contributed by atoms with E-state index in [-0.39, 0.29) is 61.2 Å². The molecule has 0 radical (unpaired) electrons. The minimum Gasteiger partial charge on any atom is -0.507 e. The number of benzene rings is 3. The van der Waals surface area contributed by atoms with Gasteiger partial charge in [0.05, 0.1) is 33.6 Å². The summed E-state index contributed by atoms with van der Waals surface area (Å²) in [7, 11) is 0. The lowest BCUT2D eigenvalue weighted by Crippen LogP contribution is -2.57. The van der Waals surface area contributed by atoms with E-state index in [0.29, 0.717) is 73.7 Å². The number of aromatic hydroxyl groups is 1. The maximum atomic E-state index is 14.1. The Morgan fingerprint density at radius 1 is 0.787 bits per heavy atom. The minimum atomic E-state index is -0.870. The van der Waals surface area contributed by atoms with E-state index in [0.717, 1.165) is 104 Å². The van der Waals surface area contributed by atoms with Crippen molar-refractivity contribution in [2.75, 3.05) is 56.4 Å². The molecule has 6 heterocycles. The third-order valence-corrected chi connectivity index (χ3v) is 17.4. The van der Waals surface area contributed by atoms with Gasteiger partial charge >= 0.3 is 0 Å². The number of nitrogens with zero attached hydrogens (tertiary/aromatic N) is 8. The Morgan fingerprint density at radius 3 is 2.14 bits per heavy atom. The first-order valence-corrected chi connectivity index (χ1v) is 29.5. The van der Waals surface area contributed by atoms with Crippen LogP contribution in [0, 0.1) is 12.3 Å². The maximum Gasteiger partial charge on any atom is 0.253 e. The van der Waals surface area contributed by atoms with Crippen LogP contribution >= 0.6 is 11.3 Å². The number of β-amino-alcohol motifs (C(OH)–C–C–N with tert-alkyl or cyclic N) is 1. The zero-order chi connectivity index (χ0) is 56.5. The number of nitrogens with two attached hydrogens (primary N) is 1. The number of phenols is 1. The number of anilines is 2. The Kier molecular flexibility index (Phi) is 18.8. The summed E-state index contributed by atoms with van der Waals surface area (Å²) in [6.45, 7) is 12.3. The molecule has 5 amide bonds. The van der Waals surface area contributed by atoms with Crippen molar-refractivity contribution in [1.82, 2.24) is 45.4 Å². The molecule has 4 aliphatic rings. The molecular weight excluding hydrogens is 1030 g/mol. The standard InChI is InChI=1S/C61H79N11O7S/c1-40-55(80-39-64-40)43-23-21-41(22-24-43)34-63-58(77)51-32-47(73)38-72(51)60(79)56(61(2,3)4)65-53(75)19-10-8-6-5-7-9-11-20-54(76)68-27-29-69(30-28-68)59(78)44-16-14-15-42(31-44)35-71-45-25-26-46(71)37-70(36-45)50-33-49(66-67-57(50)62)48-17-12-13-18-52(48)74/h12-18,21-24,31,33,39,45-47,51,56,73-74H,5-11,19-20,25-30,32,34-38H2,1-4H3,(H2,62,67)(H,63,77)(H,65,75)/t45?,46?,47-,51+,56?/m1/s1. The Hall–Kier alpha value is -6.96. The van der Waals surface area contributed by atoms with Crippen molar-refractivity contribution in [3.05, 3.63) is 107 Å². The highest BCUT2D eigenvalue weighted by Crippen LogP contribution is 2.38. The van der Waals surface area contributed by atoms with Gasteiger partial charge in [-0.05, 0) is 85.0 Å². The van der Waals surface area contributed by atoms with Gasteiger partial charge in [-0.25, -0.2) is 4.98 Å². The number of amides is 5. The van der Waals surface area contributed by atoms with Crippen molar-refractivity contribution in [3.63, 3.8) is 0 Å². The largest absolute Gasteiger partial charge is 0.507 e. The van der Waals surface area contributed by atoms with Crippen LogP contribution in [0.25, 0.3) is 21.7 Å². The number of aryl methyl sites for hydroxylation is 1. The summed E-state index contributed by atoms with van der Waals surface area (Å²) in [6.07, 6.45) is 8.43. The van der Waals surface area contributed by atoms with Crippen molar-refractivity contribution in [2.45, 2.75) is 148 Å². The smallest absolute Gasteiger partial charge is 0.253 e. The Morgan fingerprint density at radius 2 is 1.46 bits per heavy atom. The Labute approximate surface area is 474 Å². The average Bonchev–Trinajstić information content (AvgIpc) is 4.13. The molecule has 0 aliphatic carbocycles. The average molecular weight is 1110 g/mol. The van der Waals surface area contributed by atoms with Gasteiger partial charge in [0.25, 0.3) is 5.91 Å². The molecule has 5 atom stereocenters. The van der Waals surface area contributed by atoms with Crippen LogP contribution in [0.3, 0.4) is 0 Å². The van der Waals surface area contributed by atoms with E-state index in [1.54, 1.807) is 23.5 Å². The van der Waals surface area contributed by atoms with Crippen molar-refractivity contribution in [2.24, 2.45) is 5.41 Å². The highest BCUT2D eigenvalue weighted by Gasteiger charge is 2.45. The monoisotopic (exact) mass is 1110 g/mol. The zero-order valence-corrected chi connectivity index (χ0v) is 47.6. The van der Waals surface area contributed by atoms with Crippen LogP contribution in [0.4, 0.5) is 11.5 Å². The van der Waals surface area contributed by atoms with Crippen molar-refractivity contribution >= 4 is 52.4 Å². The zero-order valence-electron chi connectivity index (χ0n) is 46.8. The van der Waals surface area contributed by atoms with E-state index in [1.165, 1.54) is 4.90 Å². The van der Waals surface area contributed by atoms with Gasteiger partial charge < -0.3 is 46.2 Å². The summed E-state index contributed by atoms with van der Waals surface area (Å²) in [5, 5.41) is 35.5. The van der Waals surface area contributed by atoms with Gasteiger partial charge in [0.2, 0.25) is 23.6 Å². The second-order valence-corrected chi connectivity index (χ2v) is 24.1. The van der Waals surface area contributed by atoms with Gasteiger partial charge in [-0.1, -0.05) is 101 Å². The summed E-state index contributed by atoms with van der Waals surface area (Å²) in [6, 6.07) is 23.8. The highest BCUT2D eigenvalue weighted by molar-refractivity contribution is 7.13. The van der Waals surface area contributed by atoms with Crippen LogP contribution < -0.4 is 21.3 Å². The summed E-state index contributed by atoms with van der Waals surface area (Å²) in [5.74, 6) is -0.293.